The fraction of sp³-hybridized carbons (Fsp3) is 0.500. The normalized spacial score (nSPS) is 24.0. The second-order valence-electron chi connectivity index (χ2n) is 16.4. The molecule has 12 nitrogen and oxygen atoms in total. The molecule has 2 aromatic heterocycles. The Morgan fingerprint density at radius 2 is 1.65 bits per heavy atom. The van der Waals surface area contributed by atoms with Crippen molar-refractivity contribution < 1.29 is 27.6 Å². The fourth-order valence-electron chi connectivity index (χ4n) is 9.73. The highest BCUT2D eigenvalue weighted by Gasteiger charge is 2.43. The van der Waals surface area contributed by atoms with E-state index in [0.717, 1.165) is 98.5 Å². The van der Waals surface area contributed by atoms with E-state index in [1.165, 1.54) is 4.90 Å². The largest absolute Gasteiger partial charge is 0.401 e. The van der Waals surface area contributed by atoms with Crippen LogP contribution in [0, 0.1) is 5.92 Å². The lowest BCUT2D eigenvalue weighted by molar-refractivity contribution is -0.155. The van der Waals surface area contributed by atoms with Crippen molar-refractivity contribution in [2.45, 2.75) is 76.3 Å². The zero-order valence-corrected chi connectivity index (χ0v) is 32.1. The van der Waals surface area contributed by atoms with Crippen molar-refractivity contribution in [2.75, 3.05) is 62.2 Å². The summed E-state index contributed by atoms with van der Waals surface area (Å²) in [6.07, 6.45) is 3.41. The maximum atomic E-state index is 13.9. The van der Waals surface area contributed by atoms with Crippen molar-refractivity contribution in [3.63, 3.8) is 0 Å². The minimum atomic E-state index is -4.34. The predicted molar refractivity (Wildman–Crippen MR) is 209 cm³/mol. The molecule has 7 heterocycles. The molecule has 0 aliphatic carbocycles. The molecule has 5 aliphatic heterocycles. The maximum Gasteiger partial charge on any atom is 0.401 e. The van der Waals surface area contributed by atoms with E-state index in [2.05, 4.69) is 31.1 Å². The van der Waals surface area contributed by atoms with Crippen molar-refractivity contribution in [1.29, 1.82) is 0 Å². The quantitative estimate of drug-likeness (QED) is 0.237. The van der Waals surface area contributed by atoms with Gasteiger partial charge in [0.25, 0.3) is 5.91 Å². The number of piperazine rings is 1. The van der Waals surface area contributed by atoms with Gasteiger partial charge in [0, 0.05) is 104 Å². The SMILES string of the molecule is C[C@@H]1Cc2c([nH]c3ccccc23)[C@@H](c2cnc(N3CCC(CCN4CCN(c5ccc6c(c5)CN(C5CCC(=O)NC5=O)C6=O)CC4)CC3)nc2)N1CC(F)(F)F. The number of halogens is 3. The zero-order valence-electron chi connectivity index (χ0n) is 32.1. The third-order valence-electron chi connectivity index (χ3n) is 12.8. The Labute approximate surface area is 329 Å². The molecule has 0 bridgehead atoms. The van der Waals surface area contributed by atoms with Crippen molar-refractivity contribution in [3.8, 4) is 0 Å². The van der Waals surface area contributed by atoms with Crippen LogP contribution < -0.4 is 15.1 Å². The molecule has 0 radical (unpaired) electrons. The summed E-state index contributed by atoms with van der Waals surface area (Å²) in [5.74, 6) is 0.382. The minimum Gasteiger partial charge on any atom is -0.369 e. The summed E-state index contributed by atoms with van der Waals surface area (Å²) in [6, 6.07) is 12.3. The van der Waals surface area contributed by atoms with Crippen molar-refractivity contribution in [2.24, 2.45) is 5.92 Å². The molecule has 1 unspecified atom stereocenters. The summed E-state index contributed by atoms with van der Waals surface area (Å²) in [7, 11) is 0. The monoisotopic (exact) mass is 783 g/mol. The second kappa shape index (κ2) is 15.1. The zero-order chi connectivity index (χ0) is 39.4. The number of alkyl halides is 3. The average molecular weight is 784 g/mol. The smallest absolute Gasteiger partial charge is 0.369 e. The van der Waals surface area contributed by atoms with Gasteiger partial charge in [0.1, 0.15) is 6.04 Å². The highest BCUT2D eigenvalue weighted by Crippen LogP contribution is 2.42. The van der Waals surface area contributed by atoms with E-state index in [1.807, 2.05) is 43.3 Å². The highest BCUT2D eigenvalue weighted by atomic mass is 19.4. The lowest BCUT2D eigenvalue weighted by atomic mass is 9.89. The molecule has 4 aromatic rings. The number of hydrogen-bond donors (Lipinski definition) is 2. The first-order valence-electron chi connectivity index (χ1n) is 20.2. The lowest BCUT2D eigenvalue weighted by Gasteiger charge is -2.41. The molecule has 0 saturated carbocycles. The molecule has 57 heavy (non-hydrogen) atoms. The van der Waals surface area contributed by atoms with Crippen LogP contribution in [-0.4, -0.2) is 118 Å². The topological polar surface area (TPSA) is 121 Å². The van der Waals surface area contributed by atoms with Gasteiger partial charge in [-0.3, -0.25) is 29.5 Å². The lowest BCUT2D eigenvalue weighted by Crippen LogP contribution is -2.52. The van der Waals surface area contributed by atoms with Crippen molar-refractivity contribution >= 4 is 40.3 Å². The number of carbonyl (C=O) groups excluding carboxylic acids is 3. The number of fused-ring (bicyclic) bond motifs is 4. The van der Waals surface area contributed by atoms with Gasteiger partial charge >= 0.3 is 6.18 Å². The number of H-pyrrole nitrogens is 1. The summed E-state index contributed by atoms with van der Waals surface area (Å²) in [4.78, 5) is 60.3. The van der Waals surface area contributed by atoms with Gasteiger partial charge in [-0.15, -0.1) is 0 Å². The molecule has 300 valence electrons. The Morgan fingerprint density at radius 3 is 2.39 bits per heavy atom. The van der Waals surface area contributed by atoms with E-state index >= 15 is 0 Å². The van der Waals surface area contributed by atoms with Gasteiger partial charge < -0.3 is 19.7 Å². The summed E-state index contributed by atoms with van der Waals surface area (Å²) >= 11 is 0. The Kier molecular flexibility index (Phi) is 9.92. The van der Waals surface area contributed by atoms with E-state index < -0.39 is 30.7 Å². The van der Waals surface area contributed by atoms with Gasteiger partial charge in [-0.1, -0.05) is 18.2 Å². The number of anilines is 2. The summed E-state index contributed by atoms with van der Waals surface area (Å²) in [5.41, 5.74) is 6.07. The van der Waals surface area contributed by atoms with Crippen LogP contribution in [0.1, 0.15) is 77.8 Å². The molecule has 3 fully saturated rings. The molecule has 2 N–H and O–H groups in total. The van der Waals surface area contributed by atoms with E-state index in [-0.39, 0.29) is 24.3 Å². The van der Waals surface area contributed by atoms with Gasteiger partial charge in [-0.05, 0) is 86.9 Å². The van der Waals surface area contributed by atoms with Crippen LogP contribution in [0.5, 0.6) is 0 Å². The van der Waals surface area contributed by atoms with Gasteiger partial charge in [0.2, 0.25) is 17.8 Å². The van der Waals surface area contributed by atoms with Gasteiger partial charge in [0.15, 0.2) is 0 Å². The number of nitrogens with one attached hydrogen (secondary N) is 2. The number of rotatable bonds is 8. The first-order chi connectivity index (χ1) is 27.5. The Morgan fingerprint density at radius 1 is 0.895 bits per heavy atom. The van der Waals surface area contributed by atoms with Crippen molar-refractivity contribution in [3.05, 3.63) is 82.8 Å². The summed E-state index contributed by atoms with van der Waals surface area (Å²) < 4.78 is 41.6. The number of para-hydroxylation sites is 1. The Bertz CT molecular complexity index is 2160. The van der Waals surface area contributed by atoms with Crippen LogP contribution in [0.25, 0.3) is 10.9 Å². The number of nitrogens with zero attached hydrogens (tertiary/aromatic N) is 7. The first kappa shape index (κ1) is 37.6. The fourth-order valence-corrected chi connectivity index (χ4v) is 9.73. The average Bonchev–Trinajstić information content (AvgIpc) is 3.73. The Hall–Kier alpha value is -5.02. The van der Waals surface area contributed by atoms with Crippen LogP contribution in [0.2, 0.25) is 0 Å². The van der Waals surface area contributed by atoms with Gasteiger partial charge in [-0.25, -0.2) is 9.97 Å². The maximum absolute atomic E-state index is 13.9. The molecule has 9 rings (SSSR count). The third-order valence-corrected chi connectivity index (χ3v) is 12.8. The molecule has 3 atom stereocenters. The number of benzene rings is 2. The number of carbonyl (C=O) groups is 3. The summed E-state index contributed by atoms with van der Waals surface area (Å²) in [5, 5.41) is 3.42. The van der Waals surface area contributed by atoms with Gasteiger partial charge in [-0.2, -0.15) is 13.2 Å². The summed E-state index contributed by atoms with van der Waals surface area (Å²) in [6.45, 7) is 7.65. The third kappa shape index (κ3) is 7.47. The predicted octanol–water partition coefficient (Wildman–Crippen LogP) is 5.05. The number of imide groups is 1. The minimum absolute atomic E-state index is 0.152. The first-order valence-corrected chi connectivity index (χ1v) is 20.2. The van der Waals surface area contributed by atoms with Crippen LogP contribution >= 0.6 is 0 Å². The molecule has 2 aromatic carbocycles. The van der Waals surface area contributed by atoms with Crippen molar-refractivity contribution in [1.82, 2.24) is 35.0 Å². The molecule has 15 heteroatoms. The molecular weight excluding hydrogens is 736 g/mol. The molecular formula is C42H48F3N9O3. The molecule has 3 amide bonds. The van der Waals surface area contributed by atoms with E-state index in [9.17, 15) is 27.6 Å². The number of aromatic nitrogens is 3. The van der Waals surface area contributed by atoms with Crippen LogP contribution in [0.4, 0.5) is 24.8 Å². The number of amides is 3. The molecule has 3 saturated heterocycles. The standard InChI is InChI=1S/C42H48F3N9O3/c1-26-20-33-32-4-2-3-5-34(32)48-37(33)38(54(26)25-42(43,44)45)29-22-46-41(47-23-29)52-14-11-27(12-15-52)10-13-50-16-18-51(19-17-50)30-6-7-31-28(21-30)24-53(40(31)57)35-8-9-36(55)49-39(35)56/h2-7,21-23,26-27,35,38,48H,8-20,24-25H2,1H3,(H,49,55,56)/t26-,35?,38-/m1/s1. The molecule has 0 spiro atoms. The highest BCUT2D eigenvalue weighted by molar-refractivity contribution is 6.05. The molecule has 5 aliphatic rings. The van der Waals surface area contributed by atoms with Crippen LogP contribution in [0.3, 0.4) is 0 Å². The Balaban J connectivity index is 0.767. The van der Waals surface area contributed by atoms with E-state index in [4.69, 9.17) is 9.97 Å². The van der Waals surface area contributed by atoms with Crippen LogP contribution in [0.15, 0.2) is 54.9 Å². The van der Waals surface area contributed by atoms with E-state index in [0.29, 0.717) is 42.4 Å². The van der Waals surface area contributed by atoms with Gasteiger partial charge in [0.05, 0.1) is 12.6 Å². The number of piperidine rings is 2. The second-order valence-corrected chi connectivity index (χ2v) is 16.4. The number of hydrogen-bond acceptors (Lipinski definition) is 9. The van der Waals surface area contributed by atoms with Crippen LogP contribution in [-0.2, 0) is 22.6 Å². The number of aromatic amines is 1. The van der Waals surface area contributed by atoms with E-state index in [1.54, 1.807) is 17.3 Å².